The van der Waals surface area contributed by atoms with Crippen LogP contribution in [0.1, 0.15) is 6.92 Å². The molecule has 0 saturated heterocycles. The average molecular weight is 417 g/mol. The summed E-state index contributed by atoms with van der Waals surface area (Å²) in [5, 5.41) is 2.61. The van der Waals surface area contributed by atoms with Gasteiger partial charge in [-0.3, -0.25) is 4.79 Å². The Labute approximate surface area is 138 Å². The van der Waals surface area contributed by atoms with E-state index in [4.69, 9.17) is 4.74 Å². The monoisotopic (exact) mass is 415 g/mol. The van der Waals surface area contributed by atoms with Gasteiger partial charge in [-0.1, -0.05) is 22.0 Å². The van der Waals surface area contributed by atoms with Gasteiger partial charge in [0.25, 0.3) is 5.91 Å². The van der Waals surface area contributed by atoms with Gasteiger partial charge in [0, 0.05) is 10.2 Å². The lowest BCUT2D eigenvalue weighted by Gasteiger charge is -2.16. The van der Waals surface area contributed by atoms with Gasteiger partial charge in [0.05, 0.1) is 4.47 Å². The molecular formula is C15H12Br2FNO2. The molecular weight excluding hydrogens is 405 g/mol. The molecule has 2 aromatic rings. The van der Waals surface area contributed by atoms with E-state index in [9.17, 15) is 9.18 Å². The molecule has 0 heterocycles. The van der Waals surface area contributed by atoms with Gasteiger partial charge in [-0.15, -0.1) is 0 Å². The molecule has 1 amide bonds. The number of ether oxygens (including phenoxy) is 1. The van der Waals surface area contributed by atoms with Crippen LogP contribution in [-0.2, 0) is 4.79 Å². The van der Waals surface area contributed by atoms with Crippen LogP contribution in [0.5, 0.6) is 5.75 Å². The highest BCUT2D eigenvalue weighted by Gasteiger charge is 2.16. The standard InChI is InChI=1S/C15H12Br2FNO2/c1-9(21-14-6-5-10(16)7-13(14)17)15(20)19-12-4-2-3-11(18)8-12/h2-9H,1H3,(H,19,20)/t9-/m1/s1. The van der Waals surface area contributed by atoms with Gasteiger partial charge in [0.2, 0.25) is 0 Å². The van der Waals surface area contributed by atoms with Crippen LogP contribution >= 0.6 is 31.9 Å². The molecule has 0 bridgehead atoms. The molecule has 0 aromatic heterocycles. The number of amides is 1. The molecule has 2 rings (SSSR count). The van der Waals surface area contributed by atoms with Crippen LogP contribution in [0, 0.1) is 5.82 Å². The Morgan fingerprint density at radius 2 is 2.00 bits per heavy atom. The predicted octanol–water partition coefficient (Wildman–Crippen LogP) is 4.76. The second-order valence-corrected chi connectivity index (χ2v) is 6.10. The molecule has 0 radical (unpaired) electrons. The fraction of sp³-hybridized carbons (Fsp3) is 0.133. The number of carbonyl (C=O) groups is 1. The lowest BCUT2D eigenvalue weighted by atomic mass is 10.3. The fourth-order valence-electron chi connectivity index (χ4n) is 1.62. The van der Waals surface area contributed by atoms with Crippen molar-refractivity contribution in [1.29, 1.82) is 0 Å². The topological polar surface area (TPSA) is 38.3 Å². The van der Waals surface area contributed by atoms with Crippen molar-refractivity contribution in [1.82, 2.24) is 0 Å². The maximum Gasteiger partial charge on any atom is 0.265 e. The molecule has 0 unspecified atom stereocenters. The second kappa shape index (κ2) is 7.04. The van der Waals surface area contributed by atoms with E-state index >= 15 is 0 Å². The van der Waals surface area contributed by atoms with E-state index in [-0.39, 0.29) is 5.91 Å². The molecule has 1 N–H and O–H groups in total. The number of carbonyl (C=O) groups excluding carboxylic acids is 1. The minimum absolute atomic E-state index is 0.351. The Balaban J connectivity index is 2.02. The Morgan fingerprint density at radius 3 is 2.67 bits per heavy atom. The third-order valence-electron chi connectivity index (χ3n) is 2.66. The van der Waals surface area contributed by atoms with Gasteiger partial charge in [-0.05, 0) is 59.3 Å². The zero-order valence-corrected chi connectivity index (χ0v) is 14.2. The Morgan fingerprint density at radius 1 is 1.24 bits per heavy atom. The molecule has 21 heavy (non-hydrogen) atoms. The van der Waals surface area contributed by atoms with Crippen LogP contribution in [-0.4, -0.2) is 12.0 Å². The van der Waals surface area contributed by atoms with Crippen LogP contribution in [0.3, 0.4) is 0 Å². The number of benzene rings is 2. The summed E-state index contributed by atoms with van der Waals surface area (Å²) in [5.41, 5.74) is 0.394. The zero-order chi connectivity index (χ0) is 15.4. The third-order valence-corrected chi connectivity index (χ3v) is 3.77. The summed E-state index contributed by atoms with van der Waals surface area (Å²) in [5.74, 6) is -0.201. The van der Waals surface area contributed by atoms with Gasteiger partial charge in [0.15, 0.2) is 6.10 Å². The first-order valence-electron chi connectivity index (χ1n) is 6.14. The average Bonchev–Trinajstić information content (AvgIpc) is 2.41. The summed E-state index contributed by atoms with van der Waals surface area (Å²) < 4.78 is 20.3. The molecule has 0 aliphatic rings. The van der Waals surface area contributed by atoms with E-state index in [2.05, 4.69) is 37.2 Å². The van der Waals surface area contributed by atoms with E-state index < -0.39 is 11.9 Å². The van der Waals surface area contributed by atoms with Crippen molar-refractivity contribution in [3.63, 3.8) is 0 Å². The normalized spacial score (nSPS) is 11.8. The molecule has 0 aliphatic carbocycles. The lowest BCUT2D eigenvalue weighted by molar-refractivity contribution is -0.122. The first-order valence-corrected chi connectivity index (χ1v) is 7.72. The van der Waals surface area contributed by atoms with Crippen LogP contribution in [0.2, 0.25) is 0 Å². The predicted molar refractivity (Wildman–Crippen MR) is 87.0 cm³/mol. The van der Waals surface area contributed by atoms with Gasteiger partial charge < -0.3 is 10.1 Å². The van der Waals surface area contributed by atoms with Crippen LogP contribution in [0.25, 0.3) is 0 Å². The molecule has 0 spiro atoms. The van der Waals surface area contributed by atoms with E-state index in [1.165, 1.54) is 18.2 Å². The Bertz CT molecular complexity index is 664. The summed E-state index contributed by atoms with van der Waals surface area (Å²) in [6.07, 6.45) is -0.717. The Hall–Kier alpha value is -1.40. The SMILES string of the molecule is C[C@@H](Oc1ccc(Br)cc1Br)C(=O)Nc1cccc(F)c1. The van der Waals surface area contributed by atoms with Crippen molar-refractivity contribution >= 4 is 43.5 Å². The van der Waals surface area contributed by atoms with Crippen molar-refractivity contribution in [2.24, 2.45) is 0 Å². The number of nitrogens with one attached hydrogen (secondary N) is 1. The van der Waals surface area contributed by atoms with Gasteiger partial charge in [-0.25, -0.2) is 4.39 Å². The van der Waals surface area contributed by atoms with Crippen molar-refractivity contribution in [2.75, 3.05) is 5.32 Å². The summed E-state index contributed by atoms with van der Waals surface area (Å²) in [7, 11) is 0. The maximum atomic E-state index is 13.1. The number of halogens is 3. The van der Waals surface area contributed by atoms with Gasteiger partial charge in [0.1, 0.15) is 11.6 Å². The van der Waals surface area contributed by atoms with Crippen molar-refractivity contribution in [3.8, 4) is 5.75 Å². The van der Waals surface area contributed by atoms with Gasteiger partial charge >= 0.3 is 0 Å². The minimum atomic E-state index is -0.717. The number of rotatable bonds is 4. The highest BCUT2D eigenvalue weighted by molar-refractivity contribution is 9.11. The molecule has 1 atom stereocenters. The lowest BCUT2D eigenvalue weighted by Crippen LogP contribution is -2.30. The second-order valence-electron chi connectivity index (χ2n) is 4.33. The Kier molecular flexibility index (Phi) is 5.36. The summed E-state index contributed by atoms with van der Waals surface area (Å²) in [6, 6.07) is 11.1. The molecule has 0 saturated carbocycles. The summed E-state index contributed by atoms with van der Waals surface area (Å²) in [6.45, 7) is 1.63. The zero-order valence-electron chi connectivity index (χ0n) is 11.1. The molecule has 0 aliphatic heterocycles. The first-order chi connectivity index (χ1) is 9.95. The quantitative estimate of drug-likeness (QED) is 0.780. The largest absolute Gasteiger partial charge is 0.480 e. The smallest absolute Gasteiger partial charge is 0.265 e. The molecule has 6 heteroatoms. The van der Waals surface area contributed by atoms with E-state index in [0.29, 0.717) is 11.4 Å². The van der Waals surface area contributed by atoms with Gasteiger partial charge in [-0.2, -0.15) is 0 Å². The van der Waals surface area contributed by atoms with E-state index in [1.807, 2.05) is 12.1 Å². The van der Waals surface area contributed by atoms with Crippen molar-refractivity contribution in [3.05, 3.63) is 57.2 Å². The minimum Gasteiger partial charge on any atom is -0.480 e. The van der Waals surface area contributed by atoms with E-state index in [0.717, 1.165) is 8.95 Å². The highest BCUT2D eigenvalue weighted by atomic mass is 79.9. The van der Waals surface area contributed by atoms with Crippen LogP contribution < -0.4 is 10.1 Å². The number of hydrogen-bond acceptors (Lipinski definition) is 2. The fourth-order valence-corrected chi connectivity index (χ4v) is 2.77. The highest BCUT2D eigenvalue weighted by Crippen LogP contribution is 2.29. The van der Waals surface area contributed by atoms with Crippen LogP contribution in [0.4, 0.5) is 10.1 Å². The first kappa shape index (κ1) is 16.0. The third kappa shape index (κ3) is 4.54. The molecule has 0 fully saturated rings. The molecule has 110 valence electrons. The van der Waals surface area contributed by atoms with Crippen molar-refractivity contribution < 1.29 is 13.9 Å². The van der Waals surface area contributed by atoms with Crippen molar-refractivity contribution in [2.45, 2.75) is 13.0 Å². The number of hydrogen-bond donors (Lipinski definition) is 1. The molecule has 3 nitrogen and oxygen atoms in total. The maximum absolute atomic E-state index is 13.1. The number of anilines is 1. The van der Waals surface area contributed by atoms with E-state index in [1.54, 1.807) is 19.1 Å². The summed E-state index contributed by atoms with van der Waals surface area (Å²) in [4.78, 5) is 12.0. The molecule has 2 aromatic carbocycles. The van der Waals surface area contributed by atoms with Crippen LogP contribution in [0.15, 0.2) is 51.4 Å². The summed E-state index contributed by atoms with van der Waals surface area (Å²) >= 11 is 6.71.